The minimum atomic E-state index is 0.0482. The Labute approximate surface area is 86.8 Å². The molecule has 0 bridgehead atoms. The maximum absolute atomic E-state index is 11.1. The summed E-state index contributed by atoms with van der Waals surface area (Å²) in [6.07, 6.45) is 0. The first-order chi connectivity index (χ1) is 6.51. The van der Waals surface area contributed by atoms with E-state index in [1.54, 1.807) is 7.05 Å². The molecule has 0 aliphatic rings. The fourth-order valence-electron chi connectivity index (χ4n) is 1.35. The smallest absolute Gasteiger partial charge is 0.233 e. The van der Waals surface area contributed by atoms with Crippen molar-refractivity contribution in [1.29, 1.82) is 0 Å². The maximum atomic E-state index is 11.1. The van der Waals surface area contributed by atoms with Crippen LogP contribution in [-0.4, -0.2) is 44.5 Å². The molecule has 0 saturated heterocycles. The van der Waals surface area contributed by atoms with Gasteiger partial charge in [0.15, 0.2) is 0 Å². The monoisotopic (exact) mass is 201 g/mol. The molecule has 0 aromatic carbocycles. The lowest BCUT2D eigenvalue weighted by Crippen LogP contribution is -2.38. The highest BCUT2D eigenvalue weighted by atomic mass is 16.1. The molecule has 0 rings (SSSR count). The molecule has 0 heterocycles. The average Bonchev–Trinajstić information content (AvgIpc) is 2.13. The third-order valence-corrected chi connectivity index (χ3v) is 2.48. The summed E-state index contributed by atoms with van der Waals surface area (Å²) in [7, 11) is 3.60. The second kappa shape index (κ2) is 6.79. The van der Waals surface area contributed by atoms with E-state index in [1.165, 1.54) is 0 Å². The van der Waals surface area contributed by atoms with Crippen LogP contribution in [0.1, 0.15) is 13.8 Å². The standard InChI is InChI=1S/C10H23N3O/c1-8(2)9(5-11)6-13(4)7-10(14)12-3/h8-9H,5-7,11H2,1-4H3,(H,12,14). The van der Waals surface area contributed by atoms with Crippen LogP contribution < -0.4 is 11.1 Å². The summed E-state index contributed by atoms with van der Waals surface area (Å²) in [4.78, 5) is 13.1. The van der Waals surface area contributed by atoms with Gasteiger partial charge in [-0.2, -0.15) is 0 Å². The molecule has 1 unspecified atom stereocenters. The van der Waals surface area contributed by atoms with Gasteiger partial charge in [0.1, 0.15) is 0 Å². The van der Waals surface area contributed by atoms with E-state index in [9.17, 15) is 4.79 Å². The first kappa shape index (κ1) is 13.4. The summed E-state index contributed by atoms with van der Waals surface area (Å²) in [6.45, 7) is 6.31. The van der Waals surface area contributed by atoms with Gasteiger partial charge in [-0.15, -0.1) is 0 Å². The van der Waals surface area contributed by atoms with Crippen molar-refractivity contribution in [3.05, 3.63) is 0 Å². The number of carbonyl (C=O) groups is 1. The van der Waals surface area contributed by atoms with Crippen LogP contribution in [-0.2, 0) is 4.79 Å². The van der Waals surface area contributed by atoms with Gasteiger partial charge in [0.2, 0.25) is 5.91 Å². The van der Waals surface area contributed by atoms with Crippen molar-refractivity contribution in [2.45, 2.75) is 13.8 Å². The summed E-state index contributed by atoms with van der Waals surface area (Å²) in [5.41, 5.74) is 5.66. The number of likely N-dealkylation sites (N-methyl/N-ethyl adjacent to an activating group) is 2. The lowest BCUT2D eigenvalue weighted by molar-refractivity contribution is -0.121. The van der Waals surface area contributed by atoms with Gasteiger partial charge in [0.25, 0.3) is 0 Å². The van der Waals surface area contributed by atoms with Gasteiger partial charge >= 0.3 is 0 Å². The molecule has 4 nitrogen and oxygen atoms in total. The molecule has 84 valence electrons. The van der Waals surface area contributed by atoms with Gasteiger partial charge in [-0.3, -0.25) is 9.69 Å². The van der Waals surface area contributed by atoms with E-state index in [2.05, 4.69) is 19.2 Å². The average molecular weight is 201 g/mol. The Balaban J connectivity index is 3.90. The Hall–Kier alpha value is -0.610. The summed E-state index contributed by atoms with van der Waals surface area (Å²) >= 11 is 0. The molecule has 0 saturated carbocycles. The van der Waals surface area contributed by atoms with Crippen LogP contribution in [0.25, 0.3) is 0 Å². The van der Waals surface area contributed by atoms with Gasteiger partial charge in [-0.05, 0) is 25.4 Å². The molecule has 1 amide bonds. The lowest BCUT2D eigenvalue weighted by Gasteiger charge is -2.25. The molecule has 0 aliphatic heterocycles. The largest absolute Gasteiger partial charge is 0.358 e. The zero-order chi connectivity index (χ0) is 11.1. The molecule has 14 heavy (non-hydrogen) atoms. The first-order valence-electron chi connectivity index (χ1n) is 5.10. The van der Waals surface area contributed by atoms with Crippen LogP contribution in [0.5, 0.6) is 0 Å². The molecule has 3 N–H and O–H groups in total. The zero-order valence-corrected chi connectivity index (χ0v) is 9.71. The fourth-order valence-corrected chi connectivity index (χ4v) is 1.35. The van der Waals surface area contributed by atoms with Crippen molar-refractivity contribution < 1.29 is 4.79 Å². The van der Waals surface area contributed by atoms with Crippen LogP contribution in [0, 0.1) is 11.8 Å². The van der Waals surface area contributed by atoms with Crippen LogP contribution in [0.15, 0.2) is 0 Å². The van der Waals surface area contributed by atoms with E-state index in [4.69, 9.17) is 5.73 Å². The molecule has 0 fully saturated rings. The van der Waals surface area contributed by atoms with Crippen molar-refractivity contribution in [3.8, 4) is 0 Å². The third-order valence-electron chi connectivity index (χ3n) is 2.48. The Morgan fingerprint density at radius 1 is 1.50 bits per heavy atom. The quantitative estimate of drug-likeness (QED) is 0.630. The van der Waals surface area contributed by atoms with Crippen molar-refractivity contribution >= 4 is 5.91 Å². The zero-order valence-electron chi connectivity index (χ0n) is 9.71. The normalized spacial score (nSPS) is 13.4. The highest BCUT2D eigenvalue weighted by Gasteiger charge is 2.14. The predicted molar refractivity (Wildman–Crippen MR) is 58.9 cm³/mol. The van der Waals surface area contributed by atoms with E-state index in [0.29, 0.717) is 24.9 Å². The van der Waals surface area contributed by atoms with Crippen molar-refractivity contribution in [3.63, 3.8) is 0 Å². The highest BCUT2D eigenvalue weighted by molar-refractivity contribution is 5.77. The summed E-state index contributed by atoms with van der Waals surface area (Å²) in [5.74, 6) is 1.07. The number of nitrogens with one attached hydrogen (secondary N) is 1. The Morgan fingerprint density at radius 3 is 2.43 bits per heavy atom. The van der Waals surface area contributed by atoms with E-state index in [0.717, 1.165) is 6.54 Å². The number of rotatable bonds is 6. The van der Waals surface area contributed by atoms with Crippen molar-refractivity contribution in [2.24, 2.45) is 17.6 Å². The minimum absolute atomic E-state index is 0.0482. The fraction of sp³-hybridized carbons (Fsp3) is 0.900. The van der Waals surface area contributed by atoms with Gasteiger partial charge in [0, 0.05) is 13.6 Å². The Bertz CT molecular complexity index is 171. The minimum Gasteiger partial charge on any atom is -0.358 e. The van der Waals surface area contributed by atoms with Gasteiger partial charge in [-0.1, -0.05) is 13.8 Å². The van der Waals surface area contributed by atoms with Crippen molar-refractivity contribution in [1.82, 2.24) is 10.2 Å². The van der Waals surface area contributed by atoms with Gasteiger partial charge in [-0.25, -0.2) is 0 Å². The SMILES string of the molecule is CNC(=O)CN(C)CC(CN)C(C)C. The Kier molecular flexibility index (Phi) is 6.49. The second-order valence-corrected chi connectivity index (χ2v) is 4.11. The second-order valence-electron chi connectivity index (χ2n) is 4.11. The number of carbonyl (C=O) groups excluding carboxylic acids is 1. The molecular formula is C10H23N3O. The number of amides is 1. The number of hydrogen-bond acceptors (Lipinski definition) is 3. The lowest BCUT2D eigenvalue weighted by atomic mass is 9.95. The van der Waals surface area contributed by atoms with Crippen molar-refractivity contribution in [2.75, 3.05) is 33.7 Å². The molecule has 0 aromatic rings. The predicted octanol–water partition coefficient (Wildman–Crippen LogP) is -0.105. The number of hydrogen-bond donors (Lipinski definition) is 2. The summed E-state index contributed by atoms with van der Waals surface area (Å²) < 4.78 is 0. The molecule has 0 aromatic heterocycles. The maximum Gasteiger partial charge on any atom is 0.233 e. The molecule has 0 spiro atoms. The highest BCUT2D eigenvalue weighted by Crippen LogP contribution is 2.09. The van der Waals surface area contributed by atoms with Crippen LogP contribution >= 0.6 is 0 Å². The van der Waals surface area contributed by atoms with Gasteiger partial charge in [0.05, 0.1) is 6.54 Å². The summed E-state index contributed by atoms with van der Waals surface area (Å²) in [6, 6.07) is 0. The molecular weight excluding hydrogens is 178 g/mol. The van der Waals surface area contributed by atoms with Crippen LogP contribution in [0.4, 0.5) is 0 Å². The first-order valence-corrected chi connectivity index (χ1v) is 5.10. The van der Waals surface area contributed by atoms with E-state index >= 15 is 0 Å². The van der Waals surface area contributed by atoms with Gasteiger partial charge < -0.3 is 11.1 Å². The van der Waals surface area contributed by atoms with Crippen LogP contribution in [0.2, 0.25) is 0 Å². The number of nitrogens with two attached hydrogens (primary N) is 1. The summed E-state index contributed by atoms with van der Waals surface area (Å²) in [5, 5.41) is 2.60. The molecule has 0 aliphatic carbocycles. The Morgan fingerprint density at radius 2 is 2.07 bits per heavy atom. The van der Waals surface area contributed by atoms with E-state index in [-0.39, 0.29) is 5.91 Å². The number of nitrogens with zero attached hydrogens (tertiary/aromatic N) is 1. The third kappa shape index (κ3) is 5.19. The topological polar surface area (TPSA) is 58.4 Å². The molecule has 1 atom stereocenters. The van der Waals surface area contributed by atoms with Crippen LogP contribution in [0.3, 0.4) is 0 Å². The molecule has 0 radical (unpaired) electrons. The molecule has 4 heteroatoms. The van der Waals surface area contributed by atoms with E-state index < -0.39 is 0 Å². The van der Waals surface area contributed by atoms with E-state index in [1.807, 2.05) is 11.9 Å².